The van der Waals surface area contributed by atoms with Crippen molar-refractivity contribution in [3.63, 3.8) is 0 Å². The zero-order valence-corrected chi connectivity index (χ0v) is 13.3. The largest absolute Gasteiger partial charge is 0.387 e. The van der Waals surface area contributed by atoms with Crippen molar-refractivity contribution in [3.8, 4) is 0 Å². The standard InChI is InChI=1S/C17H19ClN2O2/c1-11-7-8-14(18)15(9-11)20-17(22)19-10-16(21)13-6-4-3-5-12(13)2/h3-9,16,21H,10H2,1-2H3,(H2,19,20,22). The average molecular weight is 319 g/mol. The molecule has 3 N–H and O–H groups in total. The minimum atomic E-state index is -0.750. The molecule has 0 heterocycles. The second-order valence-electron chi connectivity index (χ2n) is 5.19. The number of nitrogens with one attached hydrogen (secondary N) is 2. The van der Waals surface area contributed by atoms with Gasteiger partial charge in [0.25, 0.3) is 0 Å². The third kappa shape index (κ3) is 4.23. The number of aryl methyl sites for hydroxylation is 2. The van der Waals surface area contributed by atoms with Gasteiger partial charge in [-0.25, -0.2) is 4.79 Å². The molecule has 0 aliphatic carbocycles. The van der Waals surface area contributed by atoms with Crippen molar-refractivity contribution in [2.45, 2.75) is 20.0 Å². The fourth-order valence-corrected chi connectivity index (χ4v) is 2.33. The molecule has 5 heteroatoms. The first-order valence-corrected chi connectivity index (χ1v) is 7.40. The van der Waals surface area contributed by atoms with Gasteiger partial charge in [0.1, 0.15) is 0 Å². The number of urea groups is 1. The van der Waals surface area contributed by atoms with Gasteiger partial charge >= 0.3 is 6.03 Å². The molecule has 4 nitrogen and oxygen atoms in total. The summed E-state index contributed by atoms with van der Waals surface area (Å²) in [7, 11) is 0. The fraction of sp³-hybridized carbons (Fsp3) is 0.235. The van der Waals surface area contributed by atoms with Gasteiger partial charge in [0.05, 0.1) is 16.8 Å². The third-order valence-electron chi connectivity index (χ3n) is 3.37. The van der Waals surface area contributed by atoms with E-state index in [9.17, 15) is 9.90 Å². The molecule has 0 radical (unpaired) electrons. The van der Waals surface area contributed by atoms with E-state index in [2.05, 4.69) is 10.6 Å². The Balaban J connectivity index is 1.93. The van der Waals surface area contributed by atoms with Gasteiger partial charge in [-0.2, -0.15) is 0 Å². The highest BCUT2D eigenvalue weighted by atomic mass is 35.5. The number of rotatable bonds is 4. The Hall–Kier alpha value is -2.04. The lowest BCUT2D eigenvalue weighted by atomic mass is 10.0. The molecule has 2 aromatic carbocycles. The SMILES string of the molecule is Cc1ccc(Cl)c(NC(=O)NCC(O)c2ccccc2C)c1. The van der Waals surface area contributed by atoms with Crippen molar-refractivity contribution in [2.75, 3.05) is 11.9 Å². The molecule has 22 heavy (non-hydrogen) atoms. The maximum Gasteiger partial charge on any atom is 0.319 e. The molecule has 116 valence electrons. The Morgan fingerprint density at radius 1 is 1.23 bits per heavy atom. The molecule has 2 rings (SSSR count). The summed E-state index contributed by atoms with van der Waals surface area (Å²) < 4.78 is 0. The lowest BCUT2D eigenvalue weighted by molar-refractivity contribution is 0.174. The summed E-state index contributed by atoms with van der Waals surface area (Å²) in [6.45, 7) is 3.96. The van der Waals surface area contributed by atoms with Crippen molar-refractivity contribution in [1.29, 1.82) is 0 Å². The molecule has 0 saturated carbocycles. The Morgan fingerprint density at radius 3 is 2.68 bits per heavy atom. The van der Waals surface area contributed by atoms with Gasteiger partial charge in [-0.3, -0.25) is 0 Å². The van der Waals surface area contributed by atoms with Crippen molar-refractivity contribution in [3.05, 3.63) is 64.2 Å². The molecule has 1 atom stereocenters. The van der Waals surface area contributed by atoms with E-state index in [0.29, 0.717) is 10.7 Å². The maximum atomic E-state index is 11.9. The first kappa shape index (κ1) is 16.3. The second-order valence-corrected chi connectivity index (χ2v) is 5.60. The highest BCUT2D eigenvalue weighted by Gasteiger charge is 2.12. The predicted molar refractivity (Wildman–Crippen MR) is 89.3 cm³/mol. The van der Waals surface area contributed by atoms with Crippen molar-refractivity contribution >= 4 is 23.3 Å². The Kier molecular flexibility index (Phi) is 5.41. The molecule has 0 aliphatic heterocycles. The van der Waals surface area contributed by atoms with Gasteiger partial charge in [0.2, 0.25) is 0 Å². The maximum absolute atomic E-state index is 11.9. The zero-order valence-electron chi connectivity index (χ0n) is 12.6. The molecule has 0 fully saturated rings. The number of aliphatic hydroxyl groups excluding tert-OH is 1. The van der Waals surface area contributed by atoms with Gasteiger partial charge in [-0.15, -0.1) is 0 Å². The first-order chi connectivity index (χ1) is 10.5. The van der Waals surface area contributed by atoms with E-state index in [1.807, 2.05) is 44.2 Å². The van der Waals surface area contributed by atoms with Gasteiger partial charge in [-0.1, -0.05) is 41.9 Å². The van der Waals surface area contributed by atoms with Gasteiger partial charge in [-0.05, 0) is 42.7 Å². The number of anilines is 1. The van der Waals surface area contributed by atoms with Crippen LogP contribution in [-0.2, 0) is 0 Å². The van der Waals surface area contributed by atoms with E-state index in [4.69, 9.17) is 11.6 Å². The molecule has 2 aromatic rings. The number of carbonyl (C=O) groups excluding carboxylic acids is 1. The summed E-state index contributed by atoms with van der Waals surface area (Å²) in [6, 6.07) is 12.5. The fourth-order valence-electron chi connectivity index (χ4n) is 2.16. The Bertz CT molecular complexity index is 673. The van der Waals surface area contributed by atoms with Gasteiger partial charge in [0, 0.05) is 6.54 Å². The van der Waals surface area contributed by atoms with E-state index in [1.165, 1.54) is 0 Å². The van der Waals surface area contributed by atoms with Gasteiger partial charge in [0.15, 0.2) is 0 Å². The van der Waals surface area contributed by atoms with E-state index < -0.39 is 12.1 Å². The summed E-state index contributed by atoms with van der Waals surface area (Å²) in [5, 5.41) is 15.9. The van der Waals surface area contributed by atoms with E-state index in [-0.39, 0.29) is 6.54 Å². The van der Waals surface area contributed by atoms with Crippen LogP contribution in [0.1, 0.15) is 22.8 Å². The van der Waals surface area contributed by atoms with Crippen LogP contribution in [0.15, 0.2) is 42.5 Å². The van der Waals surface area contributed by atoms with Crippen LogP contribution in [0.25, 0.3) is 0 Å². The second kappa shape index (κ2) is 7.29. The summed E-state index contributed by atoms with van der Waals surface area (Å²) in [6.07, 6.45) is -0.750. The average Bonchev–Trinajstić information content (AvgIpc) is 2.49. The number of benzene rings is 2. The number of halogens is 1. The number of hydrogen-bond acceptors (Lipinski definition) is 2. The summed E-state index contributed by atoms with van der Waals surface area (Å²) in [5.74, 6) is 0. The number of carbonyl (C=O) groups is 1. The minimum absolute atomic E-state index is 0.125. The molecule has 2 amide bonds. The van der Waals surface area contributed by atoms with Crippen LogP contribution < -0.4 is 10.6 Å². The molecule has 1 unspecified atom stereocenters. The van der Waals surface area contributed by atoms with Crippen molar-refractivity contribution in [2.24, 2.45) is 0 Å². The highest BCUT2D eigenvalue weighted by Crippen LogP contribution is 2.22. The van der Waals surface area contributed by atoms with Crippen molar-refractivity contribution in [1.82, 2.24) is 5.32 Å². The zero-order chi connectivity index (χ0) is 16.1. The van der Waals surface area contributed by atoms with Crippen molar-refractivity contribution < 1.29 is 9.90 Å². The first-order valence-electron chi connectivity index (χ1n) is 7.02. The van der Waals surface area contributed by atoms with E-state index >= 15 is 0 Å². The minimum Gasteiger partial charge on any atom is -0.387 e. The van der Waals surface area contributed by atoms with E-state index in [1.54, 1.807) is 12.1 Å². The summed E-state index contributed by atoms with van der Waals surface area (Å²) in [5.41, 5.74) is 3.33. The van der Waals surface area contributed by atoms with Crippen LogP contribution in [0, 0.1) is 13.8 Å². The smallest absolute Gasteiger partial charge is 0.319 e. The lowest BCUT2D eigenvalue weighted by Crippen LogP contribution is -2.32. The van der Waals surface area contributed by atoms with Crippen LogP contribution in [0.4, 0.5) is 10.5 Å². The molecular formula is C17H19ClN2O2. The lowest BCUT2D eigenvalue weighted by Gasteiger charge is -2.15. The monoisotopic (exact) mass is 318 g/mol. The topological polar surface area (TPSA) is 61.4 Å². The summed E-state index contributed by atoms with van der Waals surface area (Å²) in [4.78, 5) is 11.9. The van der Waals surface area contributed by atoms with Crippen LogP contribution in [-0.4, -0.2) is 17.7 Å². The van der Waals surface area contributed by atoms with Crippen LogP contribution in [0.3, 0.4) is 0 Å². The number of amides is 2. The van der Waals surface area contributed by atoms with Crippen LogP contribution in [0.2, 0.25) is 5.02 Å². The quantitative estimate of drug-likeness (QED) is 0.802. The molecule has 0 spiro atoms. The third-order valence-corrected chi connectivity index (χ3v) is 3.70. The normalized spacial score (nSPS) is 11.8. The van der Waals surface area contributed by atoms with E-state index in [0.717, 1.165) is 16.7 Å². The number of aliphatic hydroxyl groups is 1. The Labute approximate surface area is 135 Å². The molecule has 0 aliphatic rings. The molecular weight excluding hydrogens is 300 g/mol. The number of hydrogen-bond donors (Lipinski definition) is 3. The Morgan fingerprint density at radius 2 is 1.95 bits per heavy atom. The molecule has 0 saturated heterocycles. The molecule has 0 bridgehead atoms. The van der Waals surface area contributed by atoms with Crippen LogP contribution in [0.5, 0.6) is 0 Å². The van der Waals surface area contributed by atoms with Gasteiger partial charge < -0.3 is 15.7 Å². The van der Waals surface area contributed by atoms with Crippen LogP contribution >= 0.6 is 11.6 Å². The summed E-state index contributed by atoms with van der Waals surface area (Å²) >= 11 is 6.03. The molecule has 0 aromatic heterocycles. The predicted octanol–water partition coefficient (Wildman–Crippen LogP) is 3.81. The highest BCUT2D eigenvalue weighted by molar-refractivity contribution is 6.33.